The summed E-state index contributed by atoms with van der Waals surface area (Å²) in [6.45, 7) is 70.1. The molecule has 0 bridgehead atoms. The van der Waals surface area contributed by atoms with Crippen molar-refractivity contribution in [1.29, 1.82) is 0 Å². The molecule has 0 amide bonds. The topological polar surface area (TPSA) is 35.9 Å². The number of aromatic nitrogens is 4. The first-order valence-corrected chi connectivity index (χ1v) is 42.6. The highest BCUT2D eigenvalue weighted by atomic mass is 16.5. The molecule has 0 aliphatic rings. The van der Waals surface area contributed by atoms with E-state index in [4.69, 9.17) is 9.72 Å². The van der Waals surface area contributed by atoms with Crippen LogP contribution in [-0.2, 0) is 54.1 Å². The van der Waals surface area contributed by atoms with E-state index >= 15 is 0 Å². The third-order valence-electron chi connectivity index (χ3n) is 24.0. The van der Waals surface area contributed by atoms with Gasteiger partial charge in [-0.1, -0.05) is 341 Å². The Balaban J connectivity index is 1.09. The number of fused-ring (bicyclic) bond motifs is 4. The van der Waals surface area contributed by atoms with Crippen LogP contribution in [0.4, 0.5) is 0 Å². The summed E-state index contributed by atoms with van der Waals surface area (Å²) in [4.78, 5) is 5.05. The standard InChI is InChI=1S/C112H128N4O/c1-103(2,3)80-44-45-113-101(66-80)116-97-39-32-31-36-95(97)96-43-42-91(68-100(96)116)117-92-65-89(112(28,29)30)64-90(67-92)114-69-115(99-41-34-33-40-98(99)114)102-93(78-48-70(74-52-81(104(4,5)6)60-82(53-74)105(7,8)9)46-71(49-78)75-54-83(106(10,11)12)61-84(55-75)107(13,14)15)37-35-38-94(102)79-50-72(76-56-85(108(16,17)18)62-86(57-76)109(19,20)21)47-73(51-79)77-58-87(110(22,23)24)63-88(59-77)111(25,26)27/h31-68H,1-30H3. The average molecular weight is 1550 g/mol. The molecule has 11 aromatic carbocycles. The maximum Gasteiger partial charge on any atom is 0.269 e. The maximum atomic E-state index is 7.34. The summed E-state index contributed by atoms with van der Waals surface area (Å²) in [6, 6.07) is 86.8. The number of hydrogen-bond donors (Lipinski definition) is 0. The number of ether oxygens (including phenoxy) is 1. The molecule has 0 saturated carbocycles. The predicted molar refractivity (Wildman–Crippen MR) is 502 cm³/mol. The molecule has 0 saturated heterocycles. The second-order valence-corrected chi connectivity index (χ2v) is 44.0. The smallest absolute Gasteiger partial charge is 0.269 e. The van der Waals surface area contributed by atoms with Crippen LogP contribution < -0.4 is 9.30 Å². The lowest BCUT2D eigenvalue weighted by Crippen LogP contribution is -2.31. The summed E-state index contributed by atoms with van der Waals surface area (Å²) >= 11 is 0. The Kier molecular flexibility index (Phi) is 20.8. The third-order valence-corrected chi connectivity index (χ3v) is 24.0. The molecule has 0 unspecified atom stereocenters. The Hall–Kier alpha value is -10.4. The average Bonchev–Trinajstić information content (AvgIpc) is 1.67. The lowest BCUT2D eigenvalue weighted by molar-refractivity contribution is -0.571. The Labute approximate surface area is 701 Å². The molecule has 0 aliphatic heterocycles. The number of rotatable bonds is 11. The zero-order valence-electron chi connectivity index (χ0n) is 76.1. The van der Waals surface area contributed by atoms with Crippen molar-refractivity contribution in [2.24, 2.45) is 0 Å². The molecule has 0 atom stereocenters. The van der Waals surface area contributed by atoms with E-state index < -0.39 is 0 Å². The van der Waals surface area contributed by atoms with Gasteiger partial charge in [0.25, 0.3) is 6.33 Å². The van der Waals surface area contributed by atoms with Crippen molar-refractivity contribution in [3.8, 4) is 95.5 Å². The molecular weight excluding hydrogens is 1420 g/mol. The van der Waals surface area contributed by atoms with E-state index in [0.29, 0.717) is 0 Å². The van der Waals surface area contributed by atoms with E-state index in [0.717, 1.165) is 112 Å². The van der Waals surface area contributed by atoms with Crippen LogP contribution in [0.5, 0.6) is 11.5 Å². The predicted octanol–water partition coefficient (Wildman–Crippen LogP) is 31.0. The molecule has 0 aliphatic carbocycles. The summed E-state index contributed by atoms with van der Waals surface area (Å²) in [7, 11) is 0. The Bertz CT molecular complexity index is 5650. The second-order valence-electron chi connectivity index (χ2n) is 44.0. The van der Waals surface area contributed by atoms with E-state index in [9.17, 15) is 0 Å². The van der Waals surface area contributed by atoms with Gasteiger partial charge in [-0.3, -0.25) is 13.7 Å². The number of imidazole rings is 1. The van der Waals surface area contributed by atoms with Gasteiger partial charge in [0.05, 0.1) is 33.4 Å². The first-order chi connectivity index (χ1) is 54.2. The summed E-state index contributed by atoms with van der Waals surface area (Å²) < 4.78 is 14.3. The molecule has 14 aromatic rings. The van der Waals surface area contributed by atoms with Crippen LogP contribution in [-0.4, -0.2) is 14.1 Å². The van der Waals surface area contributed by atoms with Gasteiger partial charge >= 0.3 is 0 Å². The molecule has 14 rings (SSSR count). The molecule has 3 aromatic heterocycles. The molecule has 3 heterocycles. The highest BCUT2D eigenvalue weighted by Gasteiger charge is 2.31. The first-order valence-electron chi connectivity index (χ1n) is 42.6. The van der Waals surface area contributed by atoms with Crippen molar-refractivity contribution in [1.82, 2.24) is 14.1 Å². The van der Waals surface area contributed by atoms with Crippen LogP contribution in [0.1, 0.15) is 263 Å². The van der Waals surface area contributed by atoms with E-state index in [2.05, 4.69) is 452 Å². The molecule has 0 radical (unpaired) electrons. The van der Waals surface area contributed by atoms with E-state index in [1.807, 2.05) is 6.20 Å². The van der Waals surface area contributed by atoms with Gasteiger partial charge in [-0.2, -0.15) is 0 Å². The van der Waals surface area contributed by atoms with Gasteiger partial charge < -0.3 is 4.74 Å². The lowest BCUT2D eigenvalue weighted by Gasteiger charge is -2.27. The van der Waals surface area contributed by atoms with E-state index in [-0.39, 0.29) is 54.1 Å². The van der Waals surface area contributed by atoms with E-state index in [1.54, 1.807) is 0 Å². The maximum absolute atomic E-state index is 7.34. The fourth-order valence-electron chi connectivity index (χ4n) is 16.1. The van der Waals surface area contributed by atoms with Gasteiger partial charge in [0, 0.05) is 23.0 Å². The Morgan fingerprint density at radius 2 is 0.607 bits per heavy atom. The zero-order valence-corrected chi connectivity index (χ0v) is 76.1. The molecule has 117 heavy (non-hydrogen) atoms. The second kappa shape index (κ2) is 29.3. The fourth-order valence-corrected chi connectivity index (χ4v) is 16.1. The highest BCUT2D eigenvalue weighted by Crippen LogP contribution is 2.48. The highest BCUT2D eigenvalue weighted by molar-refractivity contribution is 6.09. The molecule has 0 fully saturated rings. The van der Waals surface area contributed by atoms with Crippen LogP contribution in [0.25, 0.3) is 117 Å². The summed E-state index contributed by atoms with van der Waals surface area (Å²) in [6.07, 6.45) is 6.18. The number of hydrogen-bond acceptors (Lipinski definition) is 2. The minimum Gasteiger partial charge on any atom is -0.458 e. The number of benzene rings is 11. The minimum atomic E-state index is -0.279. The van der Waals surface area contributed by atoms with Crippen molar-refractivity contribution in [2.45, 2.75) is 262 Å². The summed E-state index contributed by atoms with van der Waals surface area (Å²) in [5, 5.41) is 2.30. The molecule has 0 spiro atoms. The molecule has 602 valence electrons. The number of nitrogens with zero attached hydrogens (tertiary/aromatic N) is 4. The van der Waals surface area contributed by atoms with Crippen LogP contribution in [0.2, 0.25) is 0 Å². The van der Waals surface area contributed by atoms with E-state index in [1.165, 1.54) is 72.3 Å². The largest absolute Gasteiger partial charge is 0.458 e. The van der Waals surface area contributed by atoms with Crippen LogP contribution in [0.3, 0.4) is 0 Å². The van der Waals surface area contributed by atoms with Crippen molar-refractivity contribution in [3.05, 3.63) is 293 Å². The van der Waals surface area contributed by atoms with Crippen molar-refractivity contribution in [2.75, 3.05) is 0 Å². The van der Waals surface area contributed by atoms with Crippen LogP contribution in [0.15, 0.2) is 231 Å². The van der Waals surface area contributed by atoms with Gasteiger partial charge in [-0.25, -0.2) is 4.98 Å². The monoisotopic (exact) mass is 1550 g/mol. The summed E-state index contributed by atoms with van der Waals surface area (Å²) in [5.41, 5.74) is 31.4. The Morgan fingerprint density at radius 1 is 0.265 bits per heavy atom. The SMILES string of the molecule is CC(C)(C)c1cc(Oc2ccc3c4ccccc4n(-c4cc(C(C)(C)C)ccn4)c3c2)cc(-n2[c-][n+](-c3c(-c4cc(-c5cc(C(C)(C)C)cc(C(C)(C)C)c5)cc(-c5cc(C(C)(C)C)cc(C(C)(C)C)c5)c4)cccc3-c3cc(-c4cc(C(C)(C)C)cc(C(C)(C)C)c4)cc(-c4cc(C(C)(C)C)cc(C(C)(C)C)c4)c3)c3ccccc32)c1. The molecular formula is C112H128N4O. The Morgan fingerprint density at radius 3 is 1.00 bits per heavy atom. The fraction of sp³-hybridized carbons (Fsp3) is 0.357. The van der Waals surface area contributed by atoms with Crippen molar-refractivity contribution < 1.29 is 9.30 Å². The van der Waals surface area contributed by atoms with Gasteiger partial charge in [-0.15, -0.1) is 0 Å². The number of pyridine rings is 1. The molecule has 5 nitrogen and oxygen atoms in total. The lowest BCUT2D eigenvalue weighted by atomic mass is 9.77. The van der Waals surface area contributed by atoms with Crippen LogP contribution >= 0.6 is 0 Å². The first kappa shape index (κ1) is 83.1. The van der Waals surface area contributed by atoms with Gasteiger partial charge in [0.1, 0.15) is 17.3 Å². The van der Waals surface area contributed by atoms with Gasteiger partial charge in [0.15, 0.2) is 0 Å². The van der Waals surface area contributed by atoms with Gasteiger partial charge in [0.2, 0.25) is 0 Å². The molecule has 5 heteroatoms. The van der Waals surface area contributed by atoms with Crippen molar-refractivity contribution in [3.63, 3.8) is 0 Å². The third kappa shape index (κ3) is 17.2. The van der Waals surface area contributed by atoms with Crippen molar-refractivity contribution >= 4 is 32.8 Å². The zero-order chi connectivity index (χ0) is 84.8. The molecule has 0 N–H and O–H groups in total. The normalized spacial score (nSPS) is 13.2. The van der Waals surface area contributed by atoms with Gasteiger partial charge in [-0.05, 0) is 261 Å². The quantitative estimate of drug-likeness (QED) is 0.0956. The minimum absolute atomic E-state index is 0.0693. The summed E-state index contributed by atoms with van der Waals surface area (Å²) in [5.74, 6) is 2.33. The number of para-hydroxylation sites is 4. The van der Waals surface area contributed by atoms with Crippen LogP contribution in [0, 0.1) is 6.33 Å².